The first-order chi connectivity index (χ1) is 18.0. The highest BCUT2D eigenvalue weighted by Crippen LogP contribution is 2.27. The number of aryl methyl sites for hydroxylation is 1. The number of anilines is 4. The van der Waals surface area contributed by atoms with E-state index in [1.807, 2.05) is 43.3 Å². The third-order valence-corrected chi connectivity index (χ3v) is 6.40. The summed E-state index contributed by atoms with van der Waals surface area (Å²) in [5.74, 6) is 0.126. The van der Waals surface area contributed by atoms with Crippen molar-refractivity contribution in [1.29, 1.82) is 0 Å². The van der Waals surface area contributed by atoms with E-state index in [4.69, 9.17) is 4.74 Å². The topological polar surface area (TPSA) is 115 Å². The standard InChI is InChI=1S/C27H29N7O3/c1-18-5-8-21(15-23(18)31-25(35)17-34-10-12-37-13-11-34)33(2)27(36)22-4-3-9-28-26(22)30-20-7-6-19-16-29-32-24(19)14-20/h3-9,14-16H,10-13,17H2,1-2H3,(H,28,30)(H,29,32)(H,31,35). The summed E-state index contributed by atoms with van der Waals surface area (Å²) >= 11 is 0. The summed E-state index contributed by atoms with van der Waals surface area (Å²) in [5.41, 5.74) is 4.34. The molecule has 0 saturated carbocycles. The highest BCUT2D eigenvalue weighted by atomic mass is 16.5. The Morgan fingerprint density at radius 1 is 1.14 bits per heavy atom. The number of aromatic nitrogens is 3. The number of nitrogens with one attached hydrogen (secondary N) is 3. The third-order valence-electron chi connectivity index (χ3n) is 6.40. The van der Waals surface area contributed by atoms with Crippen LogP contribution in [0.15, 0.2) is 60.9 Å². The Morgan fingerprint density at radius 2 is 1.97 bits per heavy atom. The number of nitrogens with zero attached hydrogens (tertiary/aromatic N) is 4. The number of carbonyl (C=O) groups excluding carboxylic acids is 2. The van der Waals surface area contributed by atoms with Crippen LogP contribution in [0.3, 0.4) is 0 Å². The highest BCUT2D eigenvalue weighted by Gasteiger charge is 2.20. The number of carbonyl (C=O) groups is 2. The van der Waals surface area contributed by atoms with Crippen LogP contribution < -0.4 is 15.5 Å². The van der Waals surface area contributed by atoms with E-state index in [1.54, 1.807) is 36.5 Å². The van der Waals surface area contributed by atoms with Gasteiger partial charge in [0.25, 0.3) is 5.91 Å². The molecule has 2 aromatic heterocycles. The molecule has 1 aliphatic heterocycles. The van der Waals surface area contributed by atoms with Crippen molar-refractivity contribution in [2.45, 2.75) is 6.92 Å². The van der Waals surface area contributed by atoms with Gasteiger partial charge >= 0.3 is 0 Å². The second-order valence-electron chi connectivity index (χ2n) is 9.00. The molecule has 0 aliphatic carbocycles. The lowest BCUT2D eigenvalue weighted by Gasteiger charge is -2.26. The van der Waals surface area contributed by atoms with Crippen LogP contribution >= 0.6 is 0 Å². The Hall–Kier alpha value is -4.28. The molecule has 0 unspecified atom stereocenters. The van der Waals surface area contributed by atoms with Gasteiger partial charge in [-0.1, -0.05) is 6.07 Å². The zero-order valence-electron chi connectivity index (χ0n) is 20.8. The van der Waals surface area contributed by atoms with Crippen LogP contribution in [-0.2, 0) is 9.53 Å². The van der Waals surface area contributed by atoms with Crippen molar-refractivity contribution in [2.24, 2.45) is 0 Å². The van der Waals surface area contributed by atoms with Crippen LogP contribution in [0.5, 0.6) is 0 Å². The average Bonchev–Trinajstić information content (AvgIpc) is 3.38. The lowest BCUT2D eigenvalue weighted by atomic mass is 10.1. The number of aromatic amines is 1. The van der Waals surface area contributed by atoms with E-state index in [2.05, 4.69) is 30.7 Å². The Balaban J connectivity index is 1.32. The van der Waals surface area contributed by atoms with Gasteiger partial charge in [0, 0.05) is 48.8 Å². The van der Waals surface area contributed by atoms with Gasteiger partial charge in [0.15, 0.2) is 0 Å². The molecule has 0 bridgehead atoms. The fourth-order valence-electron chi connectivity index (χ4n) is 4.23. The van der Waals surface area contributed by atoms with Gasteiger partial charge in [0.2, 0.25) is 5.91 Å². The third kappa shape index (κ3) is 5.60. The largest absolute Gasteiger partial charge is 0.379 e. The van der Waals surface area contributed by atoms with Gasteiger partial charge in [-0.3, -0.25) is 19.6 Å². The summed E-state index contributed by atoms with van der Waals surface area (Å²) < 4.78 is 5.35. The molecule has 10 nitrogen and oxygen atoms in total. The molecule has 4 aromatic rings. The van der Waals surface area contributed by atoms with Gasteiger partial charge < -0.3 is 20.3 Å². The summed E-state index contributed by atoms with van der Waals surface area (Å²) in [7, 11) is 1.71. The second kappa shape index (κ2) is 10.8. The number of hydrogen-bond donors (Lipinski definition) is 3. The number of morpholine rings is 1. The molecule has 1 aliphatic rings. The van der Waals surface area contributed by atoms with Gasteiger partial charge in [-0.15, -0.1) is 0 Å². The van der Waals surface area contributed by atoms with Crippen LogP contribution in [0.4, 0.5) is 22.9 Å². The van der Waals surface area contributed by atoms with Gasteiger partial charge in [-0.2, -0.15) is 5.10 Å². The zero-order valence-corrected chi connectivity index (χ0v) is 20.8. The highest BCUT2D eigenvalue weighted by molar-refractivity contribution is 6.09. The lowest BCUT2D eigenvalue weighted by molar-refractivity contribution is -0.118. The number of fused-ring (bicyclic) bond motifs is 1. The minimum Gasteiger partial charge on any atom is -0.379 e. The van der Waals surface area contributed by atoms with Gasteiger partial charge in [-0.25, -0.2) is 4.98 Å². The molecule has 2 aromatic carbocycles. The van der Waals surface area contributed by atoms with Gasteiger partial charge in [0.1, 0.15) is 5.82 Å². The molecular weight excluding hydrogens is 470 g/mol. The quantitative estimate of drug-likeness (QED) is 0.356. The molecule has 1 saturated heterocycles. The molecule has 1 fully saturated rings. The minimum absolute atomic E-state index is 0.0934. The first kappa shape index (κ1) is 24.4. The van der Waals surface area contributed by atoms with E-state index < -0.39 is 0 Å². The number of rotatable bonds is 7. The predicted molar refractivity (Wildman–Crippen MR) is 143 cm³/mol. The number of pyridine rings is 1. The molecule has 3 N–H and O–H groups in total. The number of H-pyrrole nitrogens is 1. The molecule has 10 heteroatoms. The Kier molecular flexibility index (Phi) is 7.11. The van der Waals surface area contributed by atoms with Crippen LogP contribution in [0.25, 0.3) is 10.9 Å². The van der Waals surface area contributed by atoms with E-state index >= 15 is 0 Å². The summed E-state index contributed by atoms with van der Waals surface area (Å²) in [6, 6.07) is 14.8. The van der Waals surface area contributed by atoms with E-state index in [-0.39, 0.29) is 11.8 Å². The van der Waals surface area contributed by atoms with Crippen molar-refractivity contribution in [3.05, 3.63) is 72.1 Å². The SMILES string of the molecule is Cc1ccc(N(C)C(=O)c2cccnc2Nc2ccc3cn[nH]c3c2)cc1NC(=O)CN1CCOCC1. The molecule has 0 spiro atoms. The van der Waals surface area contributed by atoms with Crippen LogP contribution in [0.1, 0.15) is 15.9 Å². The van der Waals surface area contributed by atoms with Crippen molar-refractivity contribution in [3.63, 3.8) is 0 Å². The first-order valence-corrected chi connectivity index (χ1v) is 12.1. The number of benzene rings is 2. The predicted octanol–water partition coefficient (Wildman–Crippen LogP) is 3.56. The Bertz CT molecular complexity index is 1430. The van der Waals surface area contributed by atoms with Crippen molar-refractivity contribution < 1.29 is 14.3 Å². The second-order valence-corrected chi connectivity index (χ2v) is 9.00. The van der Waals surface area contributed by atoms with E-state index in [0.29, 0.717) is 42.5 Å². The van der Waals surface area contributed by atoms with Crippen molar-refractivity contribution in [1.82, 2.24) is 20.1 Å². The molecular formula is C27H29N7O3. The molecule has 5 rings (SSSR count). The number of hydrogen-bond acceptors (Lipinski definition) is 7. The smallest absolute Gasteiger partial charge is 0.261 e. The van der Waals surface area contributed by atoms with Crippen molar-refractivity contribution in [3.8, 4) is 0 Å². The summed E-state index contributed by atoms with van der Waals surface area (Å²) in [4.78, 5) is 34.2. The molecule has 0 atom stereocenters. The van der Waals surface area contributed by atoms with Crippen LogP contribution in [-0.4, -0.2) is 71.8 Å². The van der Waals surface area contributed by atoms with E-state index in [1.165, 1.54) is 0 Å². The normalized spacial score (nSPS) is 13.9. The van der Waals surface area contributed by atoms with Crippen LogP contribution in [0.2, 0.25) is 0 Å². The Morgan fingerprint density at radius 3 is 2.81 bits per heavy atom. The fraction of sp³-hybridized carbons (Fsp3) is 0.259. The van der Waals surface area contributed by atoms with Crippen molar-refractivity contribution in [2.75, 3.05) is 55.4 Å². The first-order valence-electron chi connectivity index (χ1n) is 12.1. The molecule has 190 valence electrons. The maximum Gasteiger partial charge on any atom is 0.261 e. The van der Waals surface area contributed by atoms with E-state index in [0.717, 1.165) is 35.2 Å². The Labute approximate surface area is 214 Å². The monoisotopic (exact) mass is 499 g/mol. The zero-order chi connectivity index (χ0) is 25.8. The molecule has 0 radical (unpaired) electrons. The number of amides is 2. The van der Waals surface area contributed by atoms with Gasteiger partial charge in [0.05, 0.1) is 37.0 Å². The summed E-state index contributed by atoms with van der Waals surface area (Å²) in [6.45, 7) is 4.98. The maximum atomic E-state index is 13.5. The molecule has 37 heavy (non-hydrogen) atoms. The van der Waals surface area contributed by atoms with E-state index in [9.17, 15) is 9.59 Å². The summed E-state index contributed by atoms with van der Waals surface area (Å²) in [5, 5.41) is 14.2. The fourth-order valence-corrected chi connectivity index (χ4v) is 4.23. The lowest BCUT2D eigenvalue weighted by Crippen LogP contribution is -2.41. The van der Waals surface area contributed by atoms with Gasteiger partial charge in [-0.05, 0) is 55.0 Å². The van der Waals surface area contributed by atoms with Crippen LogP contribution in [0, 0.1) is 6.92 Å². The summed E-state index contributed by atoms with van der Waals surface area (Å²) in [6.07, 6.45) is 3.40. The maximum absolute atomic E-state index is 13.5. The van der Waals surface area contributed by atoms with Crippen molar-refractivity contribution >= 4 is 45.6 Å². The molecule has 3 heterocycles. The molecule has 2 amide bonds. The number of ether oxygens (including phenoxy) is 1. The minimum atomic E-state index is -0.229. The average molecular weight is 500 g/mol.